The highest BCUT2D eigenvalue weighted by Crippen LogP contribution is 2.43. The molecule has 0 aromatic carbocycles. The smallest absolute Gasteiger partial charge is 0.00965 e. The van der Waals surface area contributed by atoms with Crippen molar-refractivity contribution in [1.82, 2.24) is 5.32 Å². The van der Waals surface area contributed by atoms with Crippen LogP contribution in [0, 0.1) is 5.41 Å². The fourth-order valence-corrected chi connectivity index (χ4v) is 2.71. The molecule has 1 aliphatic carbocycles. The molecule has 2 rings (SSSR count). The number of nitrogens with two attached hydrogens (primary N) is 1. The monoisotopic (exact) mass is 226 g/mol. The summed E-state index contributed by atoms with van der Waals surface area (Å²) in [4.78, 5) is 0. The van der Waals surface area contributed by atoms with Crippen LogP contribution in [-0.2, 0) is 0 Å². The van der Waals surface area contributed by atoms with E-state index in [-0.39, 0.29) is 24.8 Å². The molecule has 80 valence electrons. The summed E-state index contributed by atoms with van der Waals surface area (Å²) < 4.78 is 0. The van der Waals surface area contributed by atoms with Crippen molar-refractivity contribution in [2.24, 2.45) is 11.1 Å². The third kappa shape index (κ3) is 2.50. The van der Waals surface area contributed by atoms with Gasteiger partial charge in [0, 0.05) is 6.04 Å². The molecule has 1 heterocycles. The predicted octanol–water partition coefficient (Wildman–Crippen LogP) is 1.71. The minimum Gasteiger partial charge on any atom is -0.327 e. The molecule has 1 atom stereocenters. The highest BCUT2D eigenvalue weighted by atomic mass is 35.5. The van der Waals surface area contributed by atoms with Gasteiger partial charge in [-0.05, 0) is 44.2 Å². The Morgan fingerprint density at radius 3 is 2.15 bits per heavy atom. The fraction of sp³-hybridized carbons (Fsp3) is 1.00. The summed E-state index contributed by atoms with van der Waals surface area (Å²) in [6, 6.07) is 0.504. The van der Waals surface area contributed by atoms with E-state index in [1.165, 1.54) is 45.2 Å². The van der Waals surface area contributed by atoms with Crippen LogP contribution in [0.1, 0.15) is 32.1 Å². The zero-order valence-electron chi connectivity index (χ0n) is 7.92. The molecular weight excluding hydrogens is 207 g/mol. The second-order valence-electron chi connectivity index (χ2n) is 4.11. The van der Waals surface area contributed by atoms with Gasteiger partial charge in [0.1, 0.15) is 0 Å². The van der Waals surface area contributed by atoms with Crippen LogP contribution in [0.3, 0.4) is 0 Å². The van der Waals surface area contributed by atoms with Crippen LogP contribution in [0.4, 0.5) is 0 Å². The second kappa shape index (κ2) is 5.40. The van der Waals surface area contributed by atoms with Gasteiger partial charge < -0.3 is 11.1 Å². The van der Waals surface area contributed by atoms with Crippen molar-refractivity contribution in [3.63, 3.8) is 0 Å². The molecule has 2 nitrogen and oxygen atoms in total. The van der Waals surface area contributed by atoms with E-state index >= 15 is 0 Å². The van der Waals surface area contributed by atoms with E-state index in [4.69, 9.17) is 5.73 Å². The molecule has 1 aliphatic heterocycles. The minimum absolute atomic E-state index is 0. The first-order valence-electron chi connectivity index (χ1n) is 4.80. The van der Waals surface area contributed by atoms with Gasteiger partial charge >= 0.3 is 0 Å². The van der Waals surface area contributed by atoms with Gasteiger partial charge in [-0.25, -0.2) is 0 Å². The van der Waals surface area contributed by atoms with Gasteiger partial charge in [0.15, 0.2) is 0 Å². The Hall–Kier alpha value is 0.500. The molecule has 1 spiro atoms. The Labute approximate surface area is 92.8 Å². The fourth-order valence-electron chi connectivity index (χ4n) is 2.71. The molecule has 4 heteroatoms. The molecule has 0 radical (unpaired) electrons. The number of halogens is 2. The van der Waals surface area contributed by atoms with Crippen molar-refractivity contribution in [3.8, 4) is 0 Å². The first-order valence-corrected chi connectivity index (χ1v) is 4.80. The highest BCUT2D eigenvalue weighted by molar-refractivity contribution is 5.85. The zero-order valence-corrected chi connectivity index (χ0v) is 9.55. The third-order valence-corrected chi connectivity index (χ3v) is 3.58. The number of hydrogen-bond acceptors (Lipinski definition) is 2. The summed E-state index contributed by atoms with van der Waals surface area (Å²) in [5.74, 6) is 0. The molecular formula is C9H20Cl2N2. The highest BCUT2D eigenvalue weighted by Gasteiger charge is 2.40. The van der Waals surface area contributed by atoms with Crippen LogP contribution < -0.4 is 11.1 Å². The summed E-state index contributed by atoms with van der Waals surface area (Å²) in [6.45, 7) is 2.38. The van der Waals surface area contributed by atoms with E-state index in [2.05, 4.69) is 5.32 Å². The Morgan fingerprint density at radius 2 is 1.69 bits per heavy atom. The van der Waals surface area contributed by atoms with E-state index in [1.807, 2.05) is 0 Å². The standard InChI is InChI=1S/C9H18N2.2ClH/c10-8-2-1-3-9(8)4-6-11-7-5-9;;/h8,11H,1-7,10H2;2*1H. The molecule has 0 aromatic heterocycles. The van der Waals surface area contributed by atoms with E-state index < -0.39 is 0 Å². The van der Waals surface area contributed by atoms with Crippen molar-refractivity contribution in [2.75, 3.05) is 13.1 Å². The molecule has 3 N–H and O–H groups in total. The lowest BCUT2D eigenvalue weighted by atomic mass is 9.75. The van der Waals surface area contributed by atoms with Crippen LogP contribution in [0.25, 0.3) is 0 Å². The molecule has 2 fully saturated rings. The van der Waals surface area contributed by atoms with Crippen molar-refractivity contribution < 1.29 is 0 Å². The maximum Gasteiger partial charge on any atom is 0.00965 e. The van der Waals surface area contributed by atoms with E-state index in [1.54, 1.807) is 0 Å². The van der Waals surface area contributed by atoms with E-state index in [0.717, 1.165) is 0 Å². The molecule has 0 aromatic rings. The predicted molar refractivity (Wildman–Crippen MR) is 60.9 cm³/mol. The largest absolute Gasteiger partial charge is 0.327 e. The summed E-state index contributed by atoms with van der Waals surface area (Å²) in [5, 5.41) is 3.40. The summed E-state index contributed by atoms with van der Waals surface area (Å²) in [7, 11) is 0. The van der Waals surface area contributed by atoms with E-state index in [0.29, 0.717) is 11.5 Å². The average molecular weight is 227 g/mol. The Balaban J connectivity index is 0.000000720. The van der Waals surface area contributed by atoms with Gasteiger partial charge in [-0.2, -0.15) is 0 Å². The minimum atomic E-state index is 0. The first kappa shape index (κ1) is 13.5. The van der Waals surface area contributed by atoms with Crippen molar-refractivity contribution >= 4 is 24.8 Å². The normalized spacial score (nSPS) is 30.7. The quantitative estimate of drug-likeness (QED) is 0.661. The van der Waals surface area contributed by atoms with Gasteiger partial charge in [-0.1, -0.05) is 6.42 Å². The molecule has 2 aliphatic rings. The average Bonchev–Trinajstić information content (AvgIpc) is 2.36. The number of rotatable bonds is 0. The van der Waals surface area contributed by atoms with Gasteiger partial charge in [-0.15, -0.1) is 24.8 Å². The second-order valence-corrected chi connectivity index (χ2v) is 4.11. The van der Waals surface area contributed by atoms with Crippen molar-refractivity contribution in [1.29, 1.82) is 0 Å². The van der Waals surface area contributed by atoms with E-state index in [9.17, 15) is 0 Å². The SMILES string of the molecule is Cl.Cl.NC1CCCC12CCNCC2. The lowest BCUT2D eigenvalue weighted by molar-refractivity contribution is 0.183. The summed E-state index contributed by atoms with van der Waals surface area (Å²) in [6.07, 6.45) is 6.64. The maximum absolute atomic E-state index is 6.12. The summed E-state index contributed by atoms with van der Waals surface area (Å²) in [5.41, 5.74) is 6.66. The van der Waals surface area contributed by atoms with Crippen LogP contribution in [0.15, 0.2) is 0 Å². The van der Waals surface area contributed by atoms with Crippen LogP contribution in [0.2, 0.25) is 0 Å². The molecule has 0 amide bonds. The zero-order chi connectivity index (χ0) is 7.73. The Kier molecular flexibility index (Phi) is 5.61. The lowest BCUT2D eigenvalue weighted by Crippen LogP contribution is -2.45. The van der Waals surface area contributed by atoms with Gasteiger partial charge in [0.2, 0.25) is 0 Å². The van der Waals surface area contributed by atoms with Crippen LogP contribution in [0.5, 0.6) is 0 Å². The van der Waals surface area contributed by atoms with Crippen LogP contribution in [-0.4, -0.2) is 19.1 Å². The van der Waals surface area contributed by atoms with Gasteiger partial charge in [-0.3, -0.25) is 0 Å². The Bertz CT molecular complexity index is 147. The van der Waals surface area contributed by atoms with Gasteiger partial charge in [0.25, 0.3) is 0 Å². The topological polar surface area (TPSA) is 38.0 Å². The van der Waals surface area contributed by atoms with Gasteiger partial charge in [0.05, 0.1) is 0 Å². The van der Waals surface area contributed by atoms with Crippen LogP contribution >= 0.6 is 24.8 Å². The maximum atomic E-state index is 6.12. The Morgan fingerprint density at radius 1 is 1.08 bits per heavy atom. The number of piperidine rings is 1. The molecule has 0 bridgehead atoms. The third-order valence-electron chi connectivity index (χ3n) is 3.58. The van der Waals surface area contributed by atoms with Crippen molar-refractivity contribution in [3.05, 3.63) is 0 Å². The molecule has 1 unspecified atom stereocenters. The lowest BCUT2D eigenvalue weighted by Gasteiger charge is -2.37. The molecule has 1 saturated heterocycles. The first-order chi connectivity index (χ1) is 5.33. The van der Waals surface area contributed by atoms with Crippen molar-refractivity contribution in [2.45, 2.75) is 38.1 Å². The number of nitrogens with one attached hydrogen (secondary N) is 1. The summed E-state index contributed by atoms with van der Waals surface area (Å²) >= 11 is 0. The number of hydrogen-bond donors (Lipinski definition) is 2. The molecule has 1 saturated carbocycles. The molecule has 13 heavy (non-hydrogen) atoms.